The van der Waals surface area contributed by atoms with E-state index in [0.717, 1.165) is 26.2 Å². The highest BCUT2D eigenvalue weighted by Gasteiger charge is 2.14. The summed E-state index contributed by atoms with van der Waals surface area (Å²) < 4.78 is 5.44. The zero-order valence-electron chi connectivity index (χ0n) is 9.89. The largest absolute Gasteiger partial charge is 0.379 e. The molecular weight excluding hydrogens is 174 g/mol. The van der Waals surface area contributed by atoms with Crippen molar-refractivity contribution in [2.75, 3.05) is 19.8 Å². The lowest BCUT2D eigenvalue weighted by Gasteiger charge is -2.25. The van der Waals surface area contributed by atoms with Crippen molar-refractivity contribution in [3.05, 3.63) is 11.1 Å². The average molecular weight is 197 g/mol. The molecule has 1 rings (SSSR count). The van der Waals surface area contributed by atoms with Crippen molar-refractivity contribution >= 4 is 0 Å². The van der Waals surface area contributed by atoms with E-state index in [-0.39, 0.29) is 0 Å². The highest BCUT2D eigenvalue weighted by atomic mass is 16.5. The maximum Gasteiger partial charge on any atom is 0.0623 e. The molecular formula is C12H23NO. The molecule has 82 valence electrons. The van der Waals surface area contributed by atoms with Crippen LogP contribution in [-0.2, 0) is 4.74 Å². The first-order chi connectivity index (χ1) is 6.61. The van der Waals surface area contributed by atoms with Gasteiger partial charge in [0.15, 0.2) is 0 Å². The summed E-state index contributed by atoms with van der Waals surface area (Å²) in [5.74, 6) is 0.666. The fourth-order valence-corrected chi connectivity index (χ4v) is 1.77. The number of rotatable bonds is 3. The first kappa shape index (κ1) is 11.7. The minimum atomic E-state index is 0.525. The average Bonchev–Trinajstić information content (AvgIpc) is 2.18. The van der Waals surface area contributed by atoms with E-state index in [9.17, 15) is 0 Å². The molecule has 1 unspecified atom stereocenters. The van der Waals surface area contributed by atoms with E-state index in [0.29, 0.717) is 12.0 Å². The summed E-state index contributed by atoms with van der Waals surface area (Å²) in [7, 11) is 0. The first-order valence-electron chi connectivity index (χ1n) is 5.58. The Bertz CT molecular complexity index is 202. The molecule has 0 amide bonds. The molecule has 0 aromatic carbocycles. The van der Waals surface area contributed by atoms with Crippen LogP contribution in [0.15, 0.2) is 11.1 Å². The molecule has 14 heavy (non-hydrogen) atoms. The van der Waals surface area contributed by atoms with Crippen LogP contribution >= 0.6 is 0 Å². The zero-order valence-corrected chi connectivity index (χ0v) is 9.89. The van der Waals surface area contributed by atoms with Crippen molar-refractivity contribution < 1.29 is 4.74 Å². The SMILES string of the molecule is C/C(CC1COCCN1)=C(/C)C(C)C. The molecule has 0 aromatic heterocycles. The van der Waals surface area contributed by atoms with Gasteiger partial charge in [-0.1, -0.05) is 25.0 Å². The molecule has 2 heteroatoms. The maximum atomic E-state index is 5.44. The topological polar surface area (TPSA) is 21.3 Å². The van der Waals surface area contributed by atoms with Gasteiger partial charge in [0.25, 0.3) is 0 Å². The van der Waals surface area contributed by atoms with E-state index in [1.165, 1.54) is 11.1 Å². The van der Waals surface area contributed by atoms with Gasteiger partial charge in [0.2, 0.25) is 0 Å². The van der Waals surface area contributed by atoms with Gasteiger partial charge in [0.1, 0.15) is 0 Å². The molecule has 1 atom stereocenters. The Hall–Kier alpha value is -0.340. The van der Waals surface area contributed by atoms with Gasteiger partial charge in [-0.25, -0.2) is 0 Å². The Morgan fingerprint density at radius 3 is 2.64 bits per heavy atom. The fraction of sp³-hybridized carbons (Fsp3) is 0.833. The normalized spacial score (nSPS) is 25.1. The van der Waals surface area contributed by atoms with Crippen LogP contribution < -0.4 is 5.32 Å². The van der Waals surface area contributed by atoms with Gasteiger partial charge in [0, 0.05) is 12.6 Å². The second-order valence-corrected chi connectivity index (χ2v) is 4.55. The summed E-state index contributed by atoms with van der Waals surface area (Å²) >= 11 is 0. The molecule has 0 radical (unpaired) electrons. The number of nitrogens with one attached hydrogen (secondary N) is 1. The second kappa shape index (κ2) is 5.52. The van der Waals surface area contributed by atoms with E-state index in [4.69, 9.17) is 4.74 Å². The van der Waals surface area contributed by atoms with E-state index in [1.54, 1.807) is 0 Å². The third-order valence-electron chi connectivity index (χ3n) is 3.09. The van der Waals surface area contributed by atoms with Gasteiger partial charge >= 0.3 is 0 Å². The summed E-state index contributed by atoms with van der Waals surface area (Å²) in [6.07, 6.45) is 1.13. The van der Waals surface area contributed by atoms with Crippen LogP contribution in [0.4, 0.5) is 0 Å². The van der Waals surface area contributed by atoms with Crippen LogP contribution in [0.1, 0.15) is 34.1 Å². The van der Waals surface area contributed by atoms with E-state index in [1.807, 2.05) is 0 Å². The van der Waals surface area contributed by atoms with E-state index >= 15 is 0 Å². The lowest BCUT2D eigenvalue weighted by Crippen LogP contribution is -2.41. The van der Waals surface area contributed by atoms with Crippen LogP contribution in [0.25, 0.3) is 0 Å². The van der Waals surface area contributed by atoms with Gasteiger partial charge in [-0.3, -0.25) is 0 Å². The van der Waals surface area contributed by atoms with Crippen LogP contribution in [0.3, 0.4) is 0 Å². The zero-order chi connectivity index (χ0) is 10.6. The monoisotopic (exact) mass is 197 g/mol. The number of allylic oxidation sites excluding steroid dienone is 1. The predicted molar refractivity (Wildman–Crippen MR) is 60.4 cm³/mol. The molecule has 1 saturated heterocycles. The van der Waals surface area contributed by atoms with Crippen molar-refractivity contribution in [1.29, 1.82) is 0 Å². The molecule has 1 fully saturated rings. The van der Waals surface area contributed by atoms with Crippen molar-refractivity contribution in [2.24, 2.45) is 5.92 Å². The lowest BCUT2D eigenvalue weighted by atomic mass is 9.95. The van der Waals surface area contributed by atoms with Crippen molar-refractivity contribution in [3.63, 3.8) is 0 Å². The smallest absolute Gasteiger partial charge is 0.0623 e. The summed E-state index contributed by atoms with van der Waals surface area (Å²) in [5.41, 5.74) is 3.04. The number of ether oxygens (including phenoxy) is 1. The molecule has 1 heterocycles. The van der Waals surface area contributed by atoms with Crippen molar-refractivity contribution in [3.8, 4) is 0 Å². The third kappa shape index (κ3) is 3.43. The molecule has 0 spiro atoms. The molecule has 2 nitrogen and oxygen atoms in total. The van der Waals surface area contributed by atoms with Crippen LogP contribution in [0.5, 0.6) is 0 Å². The molecule has 1 aliphatic heterocycles. The Labute approximate surface area is 87.7 Å². The Morgan fingerprint density at radius 2 is 2.14 bits per heavy atom. The van der Waals surface area contributed by atoms with Crippen LogP contribution in [-0.4, -0.2) is 25.8 Å². The van der Waals surface area contributed by atoms with Gasteiger partial charge in [-0.2, -0.15) is 0 Å². The van der Waals surface area contributed by atoms with Gasteiger partial charge in [-0.05, 0) is 26.2 Å². The standard InChI is InChI=1S/C12H23NO/c1-9(2)11(4)10(3)7-12-8-14-6-5-13-12/h9,12-13H,5-8H2,1-4H3/b11-10+. The van der Waals surface area contributed by atoms with Crippen molar-refractivity contribution in [2.45, 2.75) is 40.2 Å². The van der Waals surface area contributed by atoms with Crippen molar-refractivity contribution in [1.82, 2.24) is 5.32 Å². The lowest BCUT2D eigenvalue weighted by molar-refractivity contribution is 0.0769. The minimum absolute atomic E-state index is 0.525. The van der Waals surface area contributed by atoms with Crippen LogP contribution in [0.2, 0.25) is 0 Å². The molecule has 0 bridgehead atoms. The molecule has 0 aromatic rings. The predicted octanol–water partition coefficient (Wildman–Crippen LogP) is 2.36. The summed E-state index contributed by atoms with van der Waals surface area (Å²) in [4.78, 5) is 0. The second-order valence-electron chi connectivity index (χ2n) is 4.55. The summed E-state index contributed by atoms with van der Waals surface area (Å²) in [6.45, 7) is 11.7. The minimum Gasteiger partial charge on any atom is -0.379 e. The molecule has 1 N–H and O–H groups in total. The third-order valence-corrected chi connectivity index (χ3v) is 3.09. The summed E-state index contributed by atoms with van der Waals surface area (Å²) in [6, 6.07) is 0.525. The van der Waals surface area contributed by atoms with Gasteiger partial charge in [0.05, 0.1) is 13.2 Å². The van der Waals surface area contributed by atoms with Gasteiger partial charge in [-0.15, -0.1) is 0 Å². The fourth-order valence-electron chi connectivity index (χ4n) is 1.77. The molecule has 0 aliphatic carbocycles. The first-order valence-corrected chi connectivity index (χ1v) is 5.58. The summed E-state index contributed by atoms with van der Waals surface area (Å²) in [5, 5.41) is 3.48. The molecule has 1 aliphatic rings. The highest BCUT2D eigenvalue weighted by Crippen LogP contribution is 2.18. The highest BCUT2D eigenvalue weighted by molar-refractivity contribution is 5.13. The number of morpholine rings is 1. The van der Waals surface area contributed by atoms with E-state index in [2.05, 4.69) is 33.0 Å². The quantitative estimate of drug-likeness (QED) is 0.701. The van der Waals surface area contributed by atoms with E-state index < -0.39 is 0 Å². The van der Waals surface area contributed by atoms with Crippen LogP contribution in [0, 0.1) is 5.92 Å². The number of hydrogen-bond acceptors (Lipinski definition) is 2. The molecule has 0 saturated carbocycles. The Kier molecular flexibility index (Phi) is 4.63. The maximum absolute atomic E-state index is 5.44. The number of hydrogen-bond donors (Lipinski definition) is 1. The Morgan fingerprint density at radius 1 is 1.43 bits per heavy atom. The van der Waals surface area contributed by atoms with Gasteiger partial charge < -0.3 is 10.1 Å². The Balaban J connectivity index is 2.45.